The highest BCUT2D eigenvalue weighted by atomic mass is 32.2. The van der Waals surface area contributed by atoms with Gasteiger partial charge in [0.05, 0.1) is 18.6 Å². The van der Waals surface area contributed by atoms with Gasteiger partial charge in [0.15, 0.2) is 18.1 Å². The molecule has 1 aliphatic heterocycles. The fourth-order valence-corrected chi connectivity index (χ4v) is 3.70. The second kappa shape index (κ2) is 8.83. The van der Waals surface area contributed by atoms with E-state index in [4.69, 9.17) is 14.6 Å². The smallest absolute Gasteiger partial charge is 0.341 e. The van der Waals surface area contributed by atoms with Gasteiger partial charge in [0.2, 0.25) is 0 Å². The predicted octanol–water partition coefficient (Wildman–Crippen LogP) is 3.70. The minimum absolute atomic E-state index is 0.185. The zero-order valence-corrected chi connectivity index (χ0v) is 16.7. The van der Waals surface area contributed by atoms with Gasteiger partial charge in [0.1, 0.15) is 0 Å². The Labute approximate surface area is 171 Å². The molecule has 0 atom stereocenters. The molecule has 8 heteroatoms. The number of hydrogen-bond acceptors (Lipinski definition) is 6. The highest BCUT2D eigenvalue weighted by Gasteiger charge is 2.35. The number of nitrogens with zero attached hydrogens (tertiary/aromatic N) is 1. The van der Waals surface area contributed by atoms with Gasteiger partial charge in [-0.05, 0) is 36.4 Å². The fourth-order valence-electron chi connectivity index (χ4n) is 2.87. The van der Waals surface area contributed by atoms with E-state index in [1.54, 1.807) is 18.2 Å². The van der Waals surface area contributed by atoms with Crippen molar-refractivity contribution >= 4 is 35.0 Å². The van der Waals surface area contributed by atoms with Crippen molar-refractivity contribution in [2.45, 2.75) is 13.5 Å². The SMILES string of the molecule is COc1cccc(/C=C2\SC(=O)N(Cc3cccc(C)c3)C2=O)c1OCC(=O)O. The highest BCUT2D eigenvalue weighted by Crippen LogP contribution is 2.37. The Kier molecular flexibility index (Phi) is 6.23. The molecule has 1 N–H and O–H groups in total. The van der Waals surface area contributed by atoms with Gasteiger partial charge in [-0.2, -0.15) is 0 Å². The van der Waals surface area contributed by atoms with Crippen LogP contribution in [0.2, 0.25) is 0 Å². The fraction of sp³-hybridized carbons (Fsp3) is 0.190. The summed E-state index contributed by atoms with van der Waals surface area (Å²) in [6.45, 7) is 1.57. The number of carbonyl (C=O) groups is 3. The molecule has 0 saturated carbocycles. The van der Waals surface area contributed by atoms with Crippen molar-refractivity contribution in [1.82, 2.24) is 4.90 Å². The first kappa shape index (κ1) is 20.5. The normalized spacial score (nSPS) is 15.1. The topological polar surface area (TPSA) is 93.1 Å². The number of amides is 2. The number of carboxylic acids is 1. The van der Waals surface area contributed by atoms with Crippen molar-refractivity contribution in [2.24, 2.45) is 0 Å². The average molecular weight is 413 g/mol. The number of aryl methyl sites for hydroxylation is 1. The predicted molar refractivity (Wildman–Crippen MR) is 109 cm³/mol. The summed E-state index contributed by atoms with van der Waals surface area (Å²) in [6.07, 6.45) is 1.51. The van der Waals surface area contributed by atoms with Gasteiger partial charge in [-0.3, -0.25) is 14.5 Å². The van der Waals surface area contributed by atoms with Crippen LogP contribution in [-0.4, -0.2) is 40.8 Å². The molecule has 150 valence electrons. The van der Waals surface area contributed by atoms with E-state index < -0.39 is 18.5 Å². The number of thioether (sulfide) groups is 1. The van der Waals surface area contributed by atoms with Crippen LogP contribution in [-0.2, 0) is 16.1 Å². The van der Waals surface area contributed by atoms with Crippen LogP contribution in [0.15, 0.2) is 47.4 Å². The van der Waals surface area contributed by atoms with Crippen LogP contribution >= 0.6 is 11.8 Å². The van der Waals surface area contributed by atoms with Crippen molar-refractivity contribution in [3.05, 3.63) is 64.1 Å². The van der Waals surface area contributed by atoms with Gasteiger partial charge >= 0.3 is 5.97 Å². The van der Waals surface area contributed by atoms with Gasteiger partial charge in [0, 0.05) is 5.56 Å². The highest BCUT2D eigenvalue weighted by molar-refractivity contribution is 8.18. The van der Waals surface area contributed by atoms with E-state index >= 15 is 0 Å². The van der Waals surface area contributed by atoms with Crippen LogP contribution in [0, 0.1) is 6.92 Å². The number of carbonyl (C=O) groups excluding carboxylic acids is 2. The Balaban J connectivity index is 1.88. The molecular formula is C21H19NO6S. The zero-order valence-electron chi connectivity index (χ0n) is 15.9. The van der Waals surface area contributed by atoms with Crippen molar-refractivity contribution in [2.75, 3.05) is 13.7 Å². The molecule has 0 bridgehead atoms. The zero-order chi connectivity index (χ0) is 21.0. The van der Waals surface area contributed by atoms with E-state index in [0.717, 1.165) is 22.9 Å². The molecule has 2 aromatic carbocycles. The lowest BCUT2D eigenvalue weighted by Crippen LogP contribution is -2.27. The first-order valence-corrected chi connectivity index (χ1v) is 9.53. The molecule has 2 aromatic rings. The van der Waals surface area contributed by atoms with Gasteiger partial charge in [0.25, 0.3) is 11.1 Å². The first-order chi connectivity index (χ1) is 13.9. The first-order valence-electron chi connectivity index (χ1n) is 8.71. The Morgan fingerprint density at radius 3 is 2.66 bits per heavy atom. The maximum absolute atomic E-state index is 12.8. The summed E-state index contributed by atoms with van der Waals surface area (Å²) in [7, 11) is 1.43. The Hall–Kier alpha value is -3.26. The lowest BCUT2D eigenvalue weighted by atomic mass is 10.1. The number of imide groups is 1. The molecule has 0 radical (unpaired) electrons. The number of hydrogen-bond donors (Lipinski definition) is 1. The third kappa shape index (κ3) is 4.78. The minimum Gasteiger partial charge on any atom is -0.493 e. The van der Waals surface area contributed by atoms with Gasteiger partial charge in [-0.25, -0.2) is 4.79 Å². The summed E-state index contributed by atoms with van der Waals surface area (Å²) in [5.74, 6) is -1.02. The number of carboxylic acid groups (broad SMARTS) is 1. The van der Waals surface area contributed by atoms with Crippen LogP contribution in [0.3, 0.4) is 0 Å². The number of rotatable bonds is 7. The maximum atomic E-state index is 12.8. The molecule has 1 heterocycles. The molecule has 1 fully saturated rings. The molecule has 29 heavy (non-hydrogen) atoms. The van der Waals surface area contributed by atoms with Crippen molar-refractivity contribution < 1.29 is 29.0 Å². The van der Waals surface area contributed by atoms with Gasteiger partial charge in [-0.15, -0.1) is 0 Å². The van der Waals surface area contributed by atoms with Crippen molar-refractivity contribution in [3.63, 3.8) is 0 Å². The molecule has 7 nitrogen and oxygen atoms in total. The molecule has 0 aromatic heterocycles. The lowest BCUT2D eigenvalue weighted by Gasteiger charge is -2.13. The van der Waals surface area contributed by atoms with Crippen molar-refractivity contribution in [1.29, 1.82) is 0 Å². The summed E-state index contributed by atoms with van der Waals surface area (Å²) in [4.78, 5) is 37.5. The lowest BCUT2D eigenvalue weighted by molar-refractivity contribution is -0.139. The summed E-state index contributed by atoms with van der Waals surface area (Å²) in [5, 5.41) is 8.53. The number of para-hydroxylation sites is 1. The Morgan fingerprint density at radius 2 is 1.97 bits per heavy atom. The number of aliphatic carboxylic acids is 1. The van der Waals surface area contributed by atoms with Crippen molar-refractivity contribution in [3.8, 4) is 11.5 Å². The Morgan fingerprint density at radius 1 is 1.21 bits per heavy atom. The molecule has 3 rings (SSSR count). The maximum Gasteiger partial charge on any atom is 0.341 e. The molecule has 0 unspecified atom stereocenters. The van der Waals surface area contributed by atoms with E-state index in [9.17, 15) is 14.4 Å². The Bertz CT molecular complexity index is 1000. The molecule has 0 spiro atoms. The summed E-state index contributed by atoms with van der Waals surface area (Å²) in [5.41, 5.74) is 2.36. The average Bonchev–Trinajstić information content (AvgIpc) is 2.94. The molecule has 0 aliphatic carbocycles. The third-order valence-corrected chi connectivity index (χ3v) is 5.06. The van der Waals surface area contributed by atoms with Crippen LogP contribution in [0.5, 0.6) is 11.5 Å². The minimum atomic E-state index is -1.14. The largest absolute Gasteiger partial charge is 0.493 e. The number of methoxy groups -OCH3 is 1. The van der Waals surface area contributed by atoms with E-state index in [0.29, 0.717) is 11.3 Å². The van der Waals surface area contributed by atoms with Gasteiger partial charge < -0.3 is 14.6 Å². The number of benzene rings is 2. The van der Waals surface area contributed by atoms with Crippen LogP contribution in [0.4, 0.5) is 4.79 Å². The second-order valence-corrected chi connectivity index (χ2v) is 7.31. The van der Waals surface area contributed by atoms with E-state index in [-0.39, 0.29) is 22.4 Å². The number of ether oxygens (including phenoxy) is 2. The van der Waals surface area contributed by atoms with E-state index in [2.05, 4.69) is 0 Å². The second-order valence-electron chi connectivity index (χ2n) is 6.32. The van der Waals surface area contributed by atoms with Gasteiger partial charge in [-0.1, -0.05) is 42.0 Å². The van der Waals surface area contributed by atoms with E-state index in [1.807, 2.05) is 31.2 Å². The molecule has 1 aliphatic rings. The van der Waals surface area contributed by atoms with E-state index in [1.165, 1.54) is 18.1 Å². The summed E-state index contributed by atoms with van der Waals surface area (Å²) in [6, 6.07) is 12.6. The quantitative estimate of drug-likeness (QED) is 0.692. The molecule has 1 saturated heterocycles. The monoisotopic (exact) mass is 413 g/mol. The summed E-state index contributed by atoms with van der Waals surface area (Å²) < 4.78 is 10.6. The summed E-state index contributed by atoms with van der Waals surface area (Å²) >= 11 is 0.832. The molecular weight excluding hydrogens is 394 g/mol. The standard InChI is InChI=1S/C21H19NO6S/c1-13-5-3-6-14(9-13)11-22-20(25)17(29-21(22)26)10-15-7-4-8-16(27-2)19(15)28-12-18(23)24/h3-10H,11-12H2,1-2H3,(H,23,24)/b17-10-. The van der Waals surface area contributed by atoms with Crippen LogP contribution in [0.1, 0.15) is 16.7 Å². The van der Waals surface area contributed by atoms with Crippen LogP contribution in [0.25, 0.3) is 6.08 Å². The molecule has 2 amide bonds. The third-order valence-electron chi connectivity index (χ3n) is 4.15. The van der Waals surface area contributed by atoms with Crippen LogP contribution < -0.4 is 9.47 Å².